The molecule has 3 heteroatoms. The molecule has 4 rings (SSSR count). The minimum Gasteiger partial charge on any atom is -0.342 e. The normalized spacial score (nSPS) is 38.6. The van der Waals surface area contributed by atoms with Crippen LogP contribution >= 0.6 is 0 Å². The van der Waals surface area contributed by atoms with Crippen LogP contribution in [0, 0.1) is 29.6 Å². The molecule has 1 amide bonds. The molecule has 3 saturated carbocycles. The van der Waals surface area contributed by atoms with Crippen LogP contribution in [0.5, 0.6) is 0 Å². The van der Waals surface area contributed by atoms with E-state index in [2.05, 4.69) is 4.90 Å². The number of carbonyl (C=O) groups excluding carboxylic acids is 1. The molecular weight excluding hydrogens is 236 g/mol. The summed E-state index contributed by atoms with van der Waals surface area (Å²) in [5.41, 5.74) is 6.26. The summed E-state index contributed by atoms with van der Waals surface area (Å²) in [7, 11) is 0. The van der Waals surface area contributed by atoms with Gasteiger partial charge in [-0.3, -0.25) is 4.79 Å². The van der Waals surface area contributed by atoms with Crippen LogP contribution in [0.2, 0.25) is 0 Å². The summed E-state index contributed by atoms with van der Waals surface area (Å²) in [5, 5.41) is 0. The van der Waals surface area contributed by atoms with Gasteiger partial charge in [0.25, 0.3) is 0 Å². The first kappa shape index (κ1) is 12.2. The minimum absolute atomic E-state index is 0.344. The molecule has 4 fully saturated rings. The highest BCUT2D eigenvalue weighted by atomic mass is 16.2. The van der Waals surface area contributed by atoms with Crippen molar-refractivity contribution in [2.75, 3.05) is 13.1 Å². The Hall–Kier alpha value is -0.570. The number of hydrogen-bond acceptors (Lipinski definition) is 2. The second-order valence-corrected chi connectivity index (χ2v) is 7.46. The summed E-state index contributed by atoms with van der Waals surface area (Å²) in [6, 6.07) is 0.344. The third-order valence-corrected chi connectivity index (χ3v) is 6.01. The van der Waals surface area contributed by atoms with Crippen LogP contribution in [0.15, 0.2) is 0 Å². The van der Waals surface area contributed by atoms with Gasteiger partial charge in [-0.1, -0.05) is 6.42 Å². The van der Waals surface area contributed by atoms with Gasteiger partial charge in [0.15, 0.2) is 0 Å². The molecule has 2 N–H and O–H groups in total. The van der Waals surface area contributed by atoms with Crippen molar-refractivity contribution in [3.63, 3.8) is 0 Å². The lowest BCUT2D eigenvalue weighted by molar-refractivity contribution is -0.136. The van der Waals surface area contributed by atoms with Crippen molar-refractivity contribution in [2.24, 2.45) is 35.3 Å². The Labute approximate surface area is 115 Å². The molecule has 0 aromatic heterocycles. The average Bonchev–Trinajstić information content (AvgIpc) is 3.31. The Morgan fingerprint density at radius 3 is 2.26 bits per heavy atom. The van der Waals surface area contributed by atoms with E-state index in [1.807, 2.05) is 0 Å². The van der Waals surface area contributed by atoms with Gasteiger partial charge in [0.05, 0.1) is 0 Å². The van der Waals surface area contributed by atoms with Crippen molar-refractivity contribution < 1.29 is 4.79 Å². The van der Waals surface area contributed by atoms with Crippen LogP contribution in [-0.2, 0) is 4.79 Å². The van der Waals surface area contributed by atoms with Gasteiger partial charge in [-0.15, -0.1) is 0 Å². The topological polar surface area (TPSA) is 46.3 Å². The molecule has 4 aliphatic rings. The lowest BCUT2D eigenvalue weighted by Gasteiger charge is -2.29. The SMILES string of the molecule is NC1CCCC2CN(C(=O)C(C3CC3)C3CC3)CC12. The highest BCUT2D eigenvalue weighted by Crippen LogP contribution is 2.50. The van der Waals surface area contributed by atoms with Gasteiger partial charge in [-0.05, 0) is 62.2 Å². The van der Waals surface area contributed by atoms with Gasteiger partial charge in [0, 0.05) is 25.0 Å². The number of rotatable bonds is 3. The Kier molecular flexibility index (Phi) is 2.87. The Bertz CT molecular complexity index is 363. The van der Waals surface area contributed by atoms with E-state index < -0.39 is 0 Å². The number of amides is 1. The van der Waals surface area contributed by atoms with Crippen LogP contribution in [0.25, 0.3) is 0 Å². The van der Waals surface area contributed by atoms with E-state index in [1.54, 1.807) is 0 Å². The first-order chi connectivity index (χ1) is 9.24. The van der Waals surface area contributed by atoms with Gasteiger partial charge in [-0.2, -0.15) is 0 Å². The molecule has 1 aliphatic heterocycles. The van der Waals surface area contributed by atoms with E-state index >= 15 is 0 Å². The minimum atomic E-state index is 0.344. The highest BCUT2D eigenvalue weighted by Gasteiger charge is 2.49. The molecule has 0 aromatic carbocycles. The number of hydrogen-bond donors (Lipinski definition) is 1. The smallest absolute Gasteiger partial charge is 0.226 e. The predicted molar refractivity (Wildman–Crippen MR) is 74.3 cm³/mol. The number of nitrogens with zero attached hydrogens (tertiary/aromatic N) is 1. The maximum absolute atomic E-state index is 12.8. The number of likely N-dealkylation sites (tertiary alicyclic amines) is 1. The molecule has 0 aromatic rings. The van der Waals surface area contributed by atoms with Gasteiger partial charge >= 0.3 is 0 Å². The van der Waals surface area contributed by atoms with Gasteiger partial charge in [0.1, 0.15) is 0 Å². The zero-order valence-electron chi connectivity index (χ0n) is 11.8. The van der Waals surface area contributed by atoms with Gasteiger partial charge < -0.3 is 10.6 Å². The zero-order valence-corrected chi connectivity index (χ0v) is 11.8. The maximum Gasteiger partial charge on any atom is 0.226 e. The van der Waals surface area contributed by atoms with Crippen molar-refractivity contribution >= 4 is 5.91 Å². The van der Waals surface area contributed by atoms with Crippen LogP contribution < -0.4 is 5.73 Å². The van der Waals surface area contributed by atoms with E-state index in [-0.39, 0.29) is 0 Å². The first-order valence-electron chi connectivity index (χ1n) is 8.28. The predicted octanol–water partition coefficient (Wildman–Crippen LogP) is 2.01. The Morgan fingerprint density at radius 2 is 1.68 bits per heavy atom. The quantitative estimate of drug-likeness (QED) is 0.845. The lowest BCUT2D eigenvalue weighted by atomic mass is 9.78. The lowest BCUT2D eigenvalue weighted by Crippen LogP contribution is -2.39. The summed E-state index contributed by atoms with van der Waals surface area (Å²) in [6.07, 6.45) is 8.91. The third kappa shape index (κ3) is 2.20. The molecule has 19 heavy (non-hydrogen) atoms. The van der Waals surface area contributed by atoms with Gasteiger partial charge in [-0.25, -0.2) is 0 Å². The summed E-state index contributed by atoms with van der Waals surface area (Å²) < 4.78 is 0. The zero-order chi connectivity index (χ0) is 13.0. The average molecular weight is 262 g/mol. The Balaban J connectivity index is 1.45. The monoisotopic (exact) mass is 262 g/mol. The van der Waals surface area contributed by atoms with Crippen LogP contribution in [0.3, 0.4) is 0 Å². The Morgan fingerprint density at radius 1 is 1.00 bits per heavy atom. The molecule has 1 heterocycles. The largest absolute Gasteiger partial charge is 0.342 e. The highest BCUT2D eigenvalue weighted by molar-refractivity contribution is 5.80. The molecule has 1 saturated heterocycles. The molecule has 106 valence electrons. The second-order valence-electron chi connectivity index (χ2n) is 7.46. The summed E-state index contributed by atoms with van der Waals surface area (Å²) >= 11 is 0. The van der Waals surface area contributed by atoms with Crippen molar-refractivity contribution in [3.05, 3.63) is 0 Å². The number of carbonyl (C=O) groups is 1. The standard InChI is InChI=1S/C16H26N2O/c17-14-3-1-2-12-8-18(9-13(12)14)16(19)15(10-4-5-10)11-6-7-11/h10-15H,1-9,17H2. The molecule has 3 nitrogen and oxygen atoms in total. The number of nitrogens with two attached hydrogens (primary N) is 1. The van der Waals surface area contributed by atoms with E-state index in [0.29, 0.717) is 29.7 Å². The van der Waals surface area contributed by atoms with Crippen LogP contribution in [0.4, 0.5) is 0 Å². The van der Waals surface area contributed by atoms with Crippen molar-refractivity contribution in [1.82, 2.24) is 4.90 Å². The number of fused-ring (bicyclic) bond motifs is 1. The fourth-order valence-corrected chi connectivity index (χ4v) is 4.61. The first-order valence-corrected chi connectivity index (χ1v) is 8.28. The van der Waals surface area contributed by atoms with Crippen molar-refractivity contribution in [2.45, 2.75) is 51.0 Å². The van der Waals surface area contributed by atoms with Crippen LogP contribution in [-0.4, -0.2) is 29.9 Å². The molecule has 3 unspecified atom stereocenters. The summed E-state index contributed by atoms with van der Waals surface area (Å²) in [6.45, 7) is 1.97. The summed E-state index contributed by atoms with van der Waals surface area (Å²) in [5.74, 6) is 3.64. The molecule has 0 bridgehead atoms. The van der Waals surface area contributed by atoms with Crippen molar-refractivity contribution in [3.8, 4) is 0 Å². The van der Waals surface area contributed by atoms with E-state index in [1.165, 1.54) is 38.5 Å². The molecule has 3 atom stereocenters. The summed E-state index contributed by atoms with van der Waals surface area (Å²) in [4.78, 5) is 15.0. The van der Waals surface area contributed by atoms with Crippen LogP contribution in [0.1, 0.15) is 44.9 Å². The van der Waals surface area contributed by atoms with E-state index in [0.717, 1.165) is 31.3 Å². The fraction of sp³-hybridized carbons (Fsp3) is 0.938. The molecule has 0 spiro atoms. The van der Waals surface area contributed by atoms with E-state index in [4.69, 9.17) is 5.73 Å². The molecular formula is C16H26N2O. The van der Waals surface area contributed by atoms with Gasteiger partial charge in [0.2, 0.25) is 5.91 Å². The fourth-order valence-electron chi connectivity index (χ4n) is 4.61. The van der Waals surface area contributed by atoms with E-state index in [9.17, 15) is 4.79 Å². The second kappa shape index (κ2) is 4.47. The third-order valence-electron chi connectivity index (χ3n) is 6.01. The maximum atomic E-state index is 12.8. The van der Waals surface area contributed by atoms with Crippen molar-refractivity contribution in [1.29, 1.82) is 0 Å². The molecule has 0 radical (unpaired) electrons. The molecule has 3 aliphatic carbocycles.